The van der Waals surface area contributed by atoms with E-state index < -0.39 is 28.0 Å². The van der Waals surface area contributed by atoms with E-state index in [2.05, 4.69) is 5.32 Å². The first-order chi connectivity index (χ1) is 12.2. The van der Waals surface area contributed by atoms with Gasteiger partial charge in [0.1, 0.15) is 0 Å². The second kappa shape index (κ2) is 8.11. The van der Waals surface area contributed by atoms with Gasteiger partial charge in [0.2, 0.25) is 10.0 Å². The fourth-order valence-corrected chi connectivity index (χ4v) is 2.92. The number of anilines is 1. The molecule has 7 nitrogen and oxygen atoms in total. The summed E-state index contributed by atoms with van der Waals surface area (Å²) < 4.78 is 30.2. The van der Waals surface area contributed by atoms with E-state index in [0.717, 1.165) is 4.31 Å². The Morgan fingerprint density at radius 3 is 2.12 bits per heavy atom. The summed E-state index contributed by atoms with van der Waals surface area (Å²) in [5, 5.41) is 2.64. The van der Waals surface area contributed by atoms with E-state index in [9.17, 15) is 18.0 Å². The normalized spacial score (nSPS) is 12.5. The van der Waals surface area contributed by atoms with Crippen LogP contribution in [0.25, 0.3) is 0 Å². The first kappa shape index (κ1) is 19.6. The highest BCUT2D eigenvalue weighted by Crippen LogP contribution is 2.15. The minimum Gasteiger partial charge on any atom is -0.449 e. The van der Waals surface area contributed by atoms with Gasteiger partial charge in [0.05, 0.1) is 10.5 Å². The van der Waals surface area contributed by atoms with Crippen LogP contribution in [0.1, 0.15) is 17.3 Å². The number of benzene rings is 2. The fourth-order valence-electron chi connectivity index (χ4n) is 2.02. The summed E-state index contributed by atoms with van der Waals surface area (Å²) in [5.74, 6) is -1.18. The van der Waals surface area contributed by atoms with Gasteiger partial charge >= 0.3 is 5.97 Å². The number of carbonyl (C=O) groups excluding carboxylic acids is 2. The number of ether oxygens (including phenoxy) is 1. The lowest BCUT2D eigenvalue weighted by Gasteiger charge is -2.14. The zero-order chi connectivity index (χ0) is 19.3. The van der Waals surface area contributed by atoms with Crippen molar-refractivity contribution >= 4 is 27.6 Å². The topological polar surface area (TPSA) is 92.8 Å². The number of para-hydroxylation sites is 1. The molecule has 26 heavy (non-hydrogen) atoms. The maximum absolute atomic E-state index is 12.1. The molecule has 8 heteroatoms. The first-order valence-electron chi connectivity index (χ1n) is 7.81. The average molecular weight is 376 g/mol. The molecule has 0 saturated heterocycles. The lowest BCUT2D eigenvalue weighted by molar-refractivity contribution is -0.123. The summed E-state index contributed by atoms with van der Waals surface area (Å²) in [5.41, 5.74) is 0.751. The molecule has 0 aromatic heterocycles. The fraction of sp³-hybridized carbons (Fsp3) is 0.222. The lowest BCUT2D eigenvalue weighted by Crippen LogP contribution is -2.30. The maximum Gasteiger partial charge on any atom is 0.338 e. The van der Waals surface area contributed by atoms with Gasteiger partial charge in [-0.1, -0.05) is 18.2 Å². The SMILES string of the molecule is C[C@H](OC(=O)c1ccc(S(=O)(=O)N(C)C)cc1)C(=O)Nc1ccccc1. The largest absolute Gasteiger partial charge is 0.449 e. The molecule has 2 aromatic rings. The molecule has 0 fully saturated rings. The zero-order valence-electron chi connectivity index (χ0n) is 14.7. The van der Waals surface area contributed by atoms with Crippen LogP contribution in [0.3, 0.4) is 0 Å². The smallest absolute Gasteiger partial charge is 0.338 e. The number of carbonyl (C=O) groups is 2. The Morgan fingerprint density at radius 1 is 1.00 bits per heavy atom. The molecule has 138 valence electrons. The summed E-state index contributed by atoms with van der Waals surface area (Å²) >= 11 is 0. The van der Waals surface area contributed by atoms with Crippen molar-refractivity contribution in [3.8, 4) is 0 Å². The number of rotatable bonds is 6. The number of nitrogens with zero attached hydrogens (tertiary/aromatic N) is 1. The molecule has 1 atom stereocenters. The molecule has 2 rings (SSSR count). The van der Waals surface area contributed by atoms with Crippen LogP contribution in [0.5, 0.6) is 0 Å². The van der Waals surface area contributed by atoms with Crippen LogP contribution >= 0.6 is 0 Å². The number of hydrogen-bond donors (Lipinski definition) is 1. The lowest BCUT2D eigenvalue weighted by atomic mass is 10.2. The van der Waals surface area contributed by atoms with Crippen LogP contribution in [0.4, 0.5) is 5.69 Å². The minimum absolute atomic E-state index is 0.0638. The zero-order valence-corrected chi connectivity index (χ0v) is 15.5. The number of nitrogens with one attached hydrogen (secondary N) is 1. The molecule has 0 saturated carbocycles. The van der Waals surface area contributed by atoms with E-state index in [1.54, 1.807) is 24.3 Å². The average Bonchev–Trinajstić information content (AvgIpc) is 2.62. The van der Waals surface area contributed by atoms with Gasteiger partial charge in [-0.15, -0.1) is 0 Å². The van der Waals surface area contributed by atoms with E-state index in [0.29, 0.717) is 5.69 Å². The van der Waals surface area contributed by atoms with Gasteiger partial charge < -0.3 is 10.1 Å². The minimum atomic E-state index is -3.57. The Bertz CT molecular complexity index is 878. The number of hydrogen-bond acceptors (Lipinski definition) is 5. The Labute approximate surface area is 152 Å². The third-order valence-corrected chi connectivity index (χ3v) is 5.39. The van der Waals surface area contributed by atoms with Gasteiger partial charge in [0.15, 0.2) is 6.10 Å². The summed E-state index contributed by atoms with van der Waals surface area (Å²) in [6.07, 6.45) is -1.01. The van der Waals surface area contributed by atoms with Crippen LogP contribution in [0, 0.1) is 0 Å². The van der Waals surface area contributed by atoms with Gasteiger partial charge in [0, 0.05) is 19.8 Å². The molecule has 0 aliphatic rings. The van der Waals surface area contributed by atoms with Crippen molar-refractivity contribution in [2.45, 2.75) is 17.9 Å². The van der Waals surface area contributed by atoms with Gasteiger partial charge in [-0.3, -0.25) is 4.79 Å². The van der Waals surface area contributed by atoms with Gasteiger partial charge in [-0.25, -0.2) is 17.5 Å². The van der Waals surface area contributed by atoms with Gasteiger partial charge in [-0.2, -0.15) is 0 Å². The molecule has 0 heterocycles. The van der Waals surface area contributed by atoms with Crippen molar-refractivity contribution in [1.82, 2.24) is 4.31 Å². The highest BCUT2D eigenvalue weighted by Gasteiger charge is 2.21. The Kier molecular flexibility index (Phi) is 6.12. The summed E-state index contributed by atoms with van der Waals surface area (Å²) in [4.78, 5) is 24.3. The summed E-state index contributed by atoms with van der Waals surface area (Å²) in [6, 6.07) is 14.1. The molecular formula is C18H20N2O5S. The highest BCUT2D eigenvalue weighted by atomic mass is 32.2. The van der Waals surface area contributed by atoms with Crippen molar-refractivity contribution in [2.24, 2.45) is 0 Å². The Balaban J connectivity index is 2.02. The molecule has 0 bridgehead atoms. The molecule has 0 aliphatic heterocycles. The van der Waals surface area contributed by atoms with Crippen LogP contribution in [-0.4, -0.2) is 44.8 Å². The molecule has 0 unspecified atom stereocenters. The van der Waals surface area contributed by atoms with Crippen molar-refractivity contribution in [3.05, 3.63) is 60.2 Å². The highest BCUT2D eigenvalue weighted by molar-refractivity contribution is 7.89. The quantitative estimate of drug-likeness (QED) is 0.780. The van der Waals surface area contributed by atoms with Crippen LogP contribution < -0.4 is 5.32 Å². The van der Waals surface area contributed by atoms with Crippen molar-refractivity contribution in [1.29, 1.82) is 0 Å². The van der Waals surface area contributed by atoms with E-state index >= 15 is 0 Å². The Morgan fingerprint density at radius 2 is 1.58 bits per heavy atom. The van der Waals surface area contributed by atoms with Gasteiger partial charge in [-0.05, 0) is 43.3 Å². The maximum atomic E-state index is 12.1. The van der Waals surface area contributed by atoms with Crippen LogP contribution in [0.15, 0.2) is 59.5 Å². The molecule has 1 N–H and O–H groups in total. The van der Waals surface area contributed by atoms with Crippen molar-refractivity contribution < 1.29 is 22.7 Å². The molecular weight excluding hydrogens is 356 g/mol. The number of esters is 1. The second-order valence-corrected chi connectivity index (χ2v) is 7.87. The van der Waals surface area contributed by atoms with Crippen molar-refractivity contribution in [3.63, 3.8) is 0 Å². The van der Waals surface area contributed by atoms with E-state index in [4.69, 9.17) is 4.74 Å². The van der Waals surface area contributed by atoms with E-state index in [1.807, 2.05) is 6.07 Å². The van der Waals surface area contributed by atoms with Crippen LogP contribution in [-0.2, 0) is 19.6 Å². The van der Waals surface area contributed by atoms with Gasteiger partial charge in [0.25, 0.3) is 5.91 Å². The number of amides is 1. The monoisotopic (exact) mass is 376 g/mol. The van der Waals surface area contributed by atoms with Crippen molar-refractivity contribution in [2.75, 3.05) is 19.4 Å². The predicted molar refractivity (Wildman–Crippen MR) is 97.3 cm³/mol. The Hall–Kier alpha value is -2.71. The summed E-state index contributed by atoms with van der Waals surface area (Å²) in [6.45, 7) is 1.46. The molecule has 2 aromatic carbocycles. The van der Waals surface area contributed by atoms with E-state index in [1.165, 1.54) is 45.3 Å². The van der Waals surface area contributed by atoms with E-state index in [-0.39, 0.29) is 10.5 Å². The standard InChI is InChI=1S/C18H20N2O5S/c1-13(17(21)19-15-7-5-4-6-8-15)25-18(22)14-9-11-16(12-10-14)26(23,24)20(2)3/h4-13H,1-3H3,(H,19,21)/t13-/m0/s1. The molecule has 0 aliphatic carbocycles. The summed E-state index contributed by atoms with van der Waals surface area (Å²) in [7, 11) is -0.731. The molecule has 1 amide bonds. The number of sulfonamides is 1. The molecule has 0 radical (unpaired) electrons. The predicted octanol–water partition coefficient (Wildman–Crippen LogP) is 2.12. The third-order valence-electron chi connectivity index (χ3n) is 3.56. The van der Waals surface area contributed by atoms with Crippen LogP contribution in [0.2, 0.25) is 0 Å². The first-order valence-corrected chi connectivity index (χ1v) is 9.25. The second-order valence-electron chi connectivity index (χ2n) is 5.71. The third kappa shape index (κ3) is 4.68. The molecule has 0 spiro atoms.